The largest absolute Gasteiger partial charge is 0.341 e. The van der Waals surface area contributed by atoms with Gasteiger partial charge in [-0.2, -0.15) is 0 Å². The molecule has 0 aromatic carbocycles. The van der Waals surface area contributed by atoms with Crippen molar-refractivity contribution < 1.29 is 4.79 Å². The lowest BCUT2D eigenvalue weighted by molar-refractivity contribution is -0.135. The fourth-order valence-corrected chi connectivity index (χ4v) is 5.54. The maximum Gasteiger partial charge on any atom is 0.253 e. The van der Waals surface area contributed by atoms with Crippen LogP contribution in [0.2, 0.25) is 0 Å². The van der Waals surface area contributed by atoms with Crippen molar-refractivity contribution in [2.24, 2.45) is 11.8 Å². The number of nitrogens with zero attached hydrogens (tertiary/aromatic N) is 4. The molecule has 1 aromatic rings. The van der Waals surface area contributed by atoms with E-state index >= 15 is 0 Å². The number of amides is 1. The fourth-order valence-electron chi connectivity index (χ4n) is 5.54. The van der Waals surface area contributed by atoms with Gasteiger partial charge in [-0.1, -0.05) is 20.3 Å². The van der Waals surface area contributed by atoms with Gasteiger partial charge in [0.2, 0.25) is 5.91 Å². The fraction of sp³-hybridized carbons (Fsp3) is 0.783. The highest BCUT2D eigenvalue weighted by Gasteiger charge is 2.29. The second kappa shape index (κ2) is 8.99. The molecular weight excluding hydrogens is 364 g/mol. The van der Waals surface area contributed by atoms with Gasteiger partial charge in [0.1, 0.15) is 5.82 Å². The van der Waals surface area contributed by atoms with Crippen LogP contribution >= 0.6 is 0 Å². The third-order valence-corrected chi connectivity index (χ3v) is 6.89. The van der Waals surface area contributed by atoms with Gasteiger partial charge in [-0.3, -0.25) is 19.1 Å². The zero-order valence-electron chi connectivity index (χ0n) is 18.1. The van der Waals surface area contributed by atoms with Crippen molar-refractivity contribution in [1.82, 2.24) is 19.4 Å². The summed E-state index contributed by atoms with van der Waals surface area (Å²) in [4.78, 5) is 34.8. The van der Waals surface area contributed by atoms with Crippen LogP contribution in [0.25, 0.3) is 0 Å². The standard InChI is InChI=1S/C23H36N4O2/c1-17-11-18(2)14-26(13-17)23(29)16-25-9-6-7-19(15-25)20-12-22(28)27-10-5-3-4-8-21(27)24-20/h12,17-19H,3-11,13-16H2,1-2H3. The first-order valence-electron chi connectivity index (χ1n) is 11.6. The Kier molecular flexibility index (Phi) is 6.38. The molecule has 29 heavy (non-hydrogen) atoms. The van der Waals surface area contributed by atoms with E-state index in [4.69, 9.17) is 4.98 Å². The summed E-state index contributed by atoms with van der Waals surface area (Å²) in [6.45, 7) is 9.38. The summed E-state index contributed by atoms with van der Waals surface area (Å²) in [7, 11) is 0. The van der Waals surface area contributed by atoms with Crippen molar-refractivity contribution >= 4 is 5.91 Å². The van der Waals surface area contributed by atoms with Gasteiger partial charge in [0.05, 0.1) is 12.2 Å². The van der Waals surface area contributed by atoms with Crippen molar-refractivity contribution in [2.45, 2.75) is 71.3 Å². The molecule has 2 fully saturated rings. The van der Waals surface area contributed by atoms with Gasteiger partial charge in [-0.25, -0.2) is 4.98 Å². The lowest BCUT2D eigenvalue weighted by atomic mass is 9.91. The molecular formula is C23H36N4O2. The zero-order valence-corrected chi connectivity index (χ0v) is 18.1. The van der Waals surface area contributed by atoms with Gasteiger partial charge in [-0.15, -0.1) is 0 Å². The molecule has 2 saturated heterocycles. The number of rotatable bonds is 3. The SMILES string of the molecule is CC1CC(C)CN(C(=O)CN2CCCC(c3cc(=O)n4c(n3)CCCCC4)C2)C1. The van der Waals surface area contributed by atoms with Gasteiger partial charge in [0.15, 0.2) is 0 Å². The van der Waals surface area contributed by atoms with E-state index in [1.54, 1.807) is 6.07 Å². The molecule has 6 nitrogen and oxygen atoms in total. The van der Waals surface area contributed by atoms with Crippen LogP contribution in [-0.4, -0.2) is 58.0 Å². The number of hydrogen-bond acceptors (Lipinski definition) is 4. The summed E-state index contributed by atoms with van der Waals surface area (Å²) in [5.41, 5.74) is 1.05. The van der Waals surface area contributed by atoms with Crippen LogP contribution in [0.15, 0.2) is 10.9 Å². The van der Waals surface area contributed by atoms with Gasteiger partial charge >= 0.3 is 0 Å². The smallest absolute Gasteiger partial charge is 0.253 e. The van der Waals surface area contributed by atoms with Crippen molar-refractivity contribution in [3.8, 4) is 0 Å². The molecule has 0 bridgehead atoms. The maximum absolute atomic E-state index is 12.9. The molecule has 3 unspecified atom stereocenters. The first kappa shape index (κ1) is 20.6. The summed E-state index contributed by atoms with van der Waals surface area (Å²) < 4.78 is 1.87. The lowest BCUT2D eigenvalue weighted by Crippen LogP contribution is -2.48. The molecule has 4 heterocycles. The molecule has 0 saturated carbocycles. The van der Waals surface area contributed by atoms with Crippen LogP contribution in [-0.2, 0) is 17.8 Å². The average molecular weight is 401 g/mol. The number of aryl methyl sites for hydroxylation is 1. The minimum Gasteiger partial charge on any atom is -0.341 e. The van der Waals surface area contributed by atoms with Gasteiger partial charge in [0, 0.05) is 44.6 Å². The zero-order chi connectivity index (χ0) is 20.4. The first-order valence-corrected chi connectivity index (χ1v) is 11.6. The van der Waals surface area contributed by atoms with E-state index in [1.165, 1.54) is 12.8 Å². The average Bonchev–Trinajstić information content (AvgIpc) is 2.93. The van der Waals surface area contributed by atoms with E-state index in [-0.39, 0.29) is 17.4 Å². The summed E-state index contributed by atoms with van der Waals surface area (Å²) in [5.74, 6) is 2.67. The van der Waals surface area contributed by atoms with Crippen LogP contribution in [0.3, 0.4) is 0 Å². The Labute approximate surface area is 174 Å². The number of fused-ring (bicyclic) bond motifs is 1. The summed E-state index contributed by atoms with van der Waals surface area (Å²) in [5, 5.41) is 0. The Morgan fingerprint density at radius 1 is 1.07 bits per heavy atom. The molecule has 1 aromatic heterocycles. The first-order chi connectivity index (χ1) is 14.0. The summed E-state index contributed by atoms with van der Waals surface area (Å²) >= 11 is 0. The minimum atomic E-state index is 0.108. The van der Waals surface area contributed by atoms with E-state index in [2.05, 4.69) is 23.6 Å². The third-order valence-electron chi connectivity index (χ3n) is 6.89. The quantitative estimate of drug-likeness (QED) is 0.783. The van der Waals surface area contributed by atoms with Crippen LogP contribution in [0, 0.1) is 11.8 Å². The highest BCUT2D eigenvalue weighted by Crippen LogP contribution is 2.26. The van der Waals surface area contributed by atoms with Crippen LogP contribution < -0.4 is 5.56 Å². The van der Waals surface area contributed by atoms with Crippen molar-refractivity contribution in [3.05, 3.63) is 27.9 Å². The summed E-state index contributed by atoms with van der Waals surface area (Å²) in [6.07, 6.45) is 7.60. The molecule has 4 rings (SSSR count). The molecule has 0 spiro atoms. The second-order valence-electron chi connectivity index (χ2n) is 9.72. The topological polar surface area (TPSA) is 58.4 Å². The van der Waals surface area contributed by atoms with Gasteiger partial charge < -0.3 is 4.90 Å². The third kappa shape index (κ3) is 4.90. The van der Waals surface area contributed by atoms with Crippen LogP contribution in [0.1, 0.15) is 69.8 Å². The molecule has 3 aliphatic rings. The normalized spacial score (nSPS) is 28.6. The molecule has 0 radical (unpaired) electrons. The van der Waals surface area contributed by atoms with E-state index < -0.39 is 0 Å². The second-order valence-corrected chi connectivity index (χ2v) is 9.72. The molecule has 3 aliphatic heterocycles. The Balaban J connectivity index is 1.42. The molecule has 0 aliphatic carbocycles. The van der Waals surface area contributed by atoms with Crippen molar-refractivity contribution in [3.63, 3.8) is 0 Å². The Morgan fingerprint density at radius 3 is 2.66 bits per heavy atom. The monoisotopic (exact) mass is 400 g/mol. The van der Waals surface area contributed by atoms with E-state index in [0.29, 0.717) is 18.4 Å². The minimum absolute atomic E-state index is 0.108. The highest BCUT2D eigenvalue weighted by molar-refractivity contribution is 5.78. The predicted molar refractivity (Wildman–Crippen MR) is 114 cm³/mol. The number of piperidine rings is 2. The predicted octanol–water partition coefficient (Wildman–Crippen LogP) is 2.65. The molecule has 6 heteroatoms. The van der Waals surface area contributed by atoms with Gasteiger partial charge in [0.25, 0.3) is 5.56 Å². The number of hydrogen-bond donors (Lipinski definition) is 0. The summed E-state index contributed by atoms with van der Waals surface area (Å²) in [6, 6.07) is 1.76. The van der Waals surface area contributed by atoms with Gasteiger partial charge in [-0.05, 0) is 50.5 Å². The maximum atomic E-state index is 12.9. The Bertz CT molecular complexity index is 780. The molecule has 3 atom stereocenters. The number of likely N-dealkylation sites (tertiary alicyclic amines) is 2. The number of carbonyl (C=O) groups excluding carboxylic acids is 1. The highest BCUT2D eigenvalue weighted by atomic mass is 16.2. The van der Waals surface area contributed by atoms with Crippen LogP contribution in [0.5, 0.6) is 0 Å². The number of carbonyl (C=O) groups is 1. The Morgan fingerprint density at radius 2 is 1.86 bits per heavy atom. The van der Waals surface area contributed by atoms with Crippen LogP contribution in [0.4, 0.5) is 0 Å². The van der Waals surface area contributed by atoms with E-state index in [0.717, 1.165) is 76.3 Å². The lowest BCUT2D eigenvalue weighted by Gasteiger charge is -2.38. The molecule has 1 amide bonds. The Hall–Kier alpha value is -1.69. The molecule has 0 N–H and O–H groups in total. The number of aromatic nitrogens is 2. The van der Waals surface area contributed by atoms with E-state index in [9.17, 15) is 9.59 Å². The van der Waals surface area contributed by atoms with Crippen molar-refractivity contribution in [2.75, 3.05) is 32.7 Å². The van der Waals surface area contributed by atoms with E-state index in [1.807, 2.05) is 4.57 Å². The van der Waals surface area contributed by atoms with Crippen molar-refractivity contribution in [1.29, 1.82) is 0 Å². The molecule has 160 valence electrons.